The maximum Gasteiger partial charge on any atom is 0.0629 e. The fourth-order valence-corrected chi connectivity index (χ4v) is 5.46. The molecular weight excluding hydrogens is 345 g/mol. The van der Waals surface area contributed by atoms with E-state index in [1.165, 1.54) is 21.5 Å². The van der Waals surface area contributed by atoms with Crippen molar-refractivity contribution in [3.63, 3.8) is 0 Å². The van der Waals surface area contributed by atoms with E-state index in [0.29, 0.717) is 0 Å². The van der Waals surface area contributed by atoms with E-state index >= 15 is 0 Å². The molecule has 4 aromatic rings. The molecule has 0 heterocycles. The smallest absolute Gasteiger partial charge is 0.0629 e. The van der Waals surface area contributed by atoms with Crippen molar-refractivity contribution >= 4 is 35.7 Å². The highest BCUT2D eigenvalue weighted by Gasteiger charge is 2.18. The van der Waals surface area contributed by atoms with E-state index in [1.54, 1.807) is 0 Å². The van der Waals surface area contributed by atoms with Gasteiger partial charge in [0, 0.05) is 11.8 Å². The summed E-state index contributed by atoms with van der Waals surface area (Å²) < 4.78 is 0. The van der Waals surface area contributed by atoms with Gasteiger partial charge in [-0.3, -0.25) is 4.99 Å². The summed E-state index contributed by atoms with van der Waals surface area (Å²) in [7, 11) is -0.638. The molecule has 4 rings (SSSR count). The SMILES string of the molecule is C(=Nc1ccccc1)c1ccccc1P(c1ccccc1)c1ccccc1. The second kappa shape index (κ2) is 8.58. The monoisotopic (exact) mass is 365 g/mol. The summed E-state index contributed by atoms with van der Waals surface area (Å²) in [6.07, 6.45) is 1.99. The standard InChI is InChI=1S/C25H20NP/c1-4-13-22(14-5-1)26-20-21-12-10-11-19-25(21)27(23-15-6-2-7-16-23)24-17-8-3-9-18-24/h1-20H. The minimum Gasteiger partial charge on any atom is -0.256 e. The van der Waals surface area contributed by atoms with E-state index < -0.39 is 7.92 Å². The first-order chi connectivity index (χ1) is 13.4. The normalized spacial score (nSPS) is 11.1. The second-order valence-electron chi connectivity index (χ2n) is 6.16. The van der Waals surface area contributed by atoms with Crippen LogP contribution in [0.15, 0.2) is 120 Å². The molecular formula is C25H20NP. The minimum atomic E-state index is -0.638. The molecule has 0 radical (unpaired) electrons. The Hall–Kier alpha value is -3.02. The third-order valence-electron chi connectivity index (χ3n) is 4.32. The highest BCUT2D eigenvalue weighted by atomic mass is 31.1. The molecule has 1 nitrogen and oxygen atoms in total. The molecule has 0 bridgehead atoms. The van der Waals surface area contributed by atoms with Gasteiger partial charge in [0.15, 0.2) is 0 Å². The van der Waals surface area contributed by atoms with Crippen LogP contribution >= 0.6 is 7.92 Å². The molecule has 0 amide bonds. The fourth-order valence-electron chi connectivity index (χ4n) is 3.04. The quantitative estimate of drug-likeness (QED) is 0.341. The number of nitrogens with zero attached hydrogens (tertiary/aromatic N) is 1. The predicted molar refractivity (Wildman–Crippen MR) is 119 cm³/mol. The Labute approximate surface area is 161 Å². The van der Waals surface area contributed by atoms with Crippen LogP contribution in [0.3, 0.4) is 0 Å². The lowest BCUT2D eigenvalue weighted by atomic mass is 10.2. The average molecular weight is 365 g/mol. The van der Waals surface area contributed by atoms with Gasteiger partial charge in [-0.15, -0.1) is 0 Å². The first kappa shape index (κ1) is 17.4. The molecule has 0 aromatic heterocycles. The Morgan fingerprint density at radius 3 is 1.59 bits per heavy atom. The molecule has 27 heavy (non-hydrogen) atoms. The summed E-state index contributed by atoms with van der Waals surface area (Å²) in [6.45, 7) is 0. The van der Waals surface area contributed by atoms with Gasteiger partial charge in [0.25, 0.3) is 0 Å². The van der Waals surface area contributed by atoms with Gasteiger partial charge in [0.2, 0.25) is 0 Å². The largest absolute Gasteiger partial charge is 0.256 e. The van der Waals surface area contributed by atoms with Crippen molar-refractivity contribution in [2.24, 2.45) is 4.99 Å². The van der Waals surface area contributed by atoms with Crippen molar-refractivity contribution in [2.45, 2.75) is 0 Å². The maximum absolute atomic E-state index is 4.69. The Morgan fingerprint density at radius 1 is 0.519 bits per heavy atom. The number of para-hydroxylation sites is 1. The van der Waals surface area contributed by atoms with Crippen molar-refractivity contribution in [3.8, 4) is 0 Å². The van der Waals surface area contributed by atoms with Crippen LogP contribution in [0.5, 0.6) is 0 Å². The molecule has 0 fully saturated rings. The Balaban J connectivity index is 1.81. The first-order valence-corrected chi connectivity index (χ1v) is 10.3. The zero-order valence-electron chi connectivity index (χ0n) is 14.9. The van der Waals surface area contributed by atoms with Crippen LogP contribution in [-0.4, -0.2) is 6.21 Å². The van der Waals surface area contributed by atoms with Gasteiger partial charge in [-0.2, -0.15) is 0 Å². The topological polar surface area (TPSA) is 12.4 Å². The van der Waals surface area contributed by atoms with E-state index in [9.17, 15) is 0 Å². The first-order valence-electron chi connectivity index (χ1n) is 9.00. The van der Waals surface area contributed by atoms with Gasteiger partial charge in [-0.25, -0.2) is 0 Å². The summed E-state index contributed by atoms with van der Waals surface area (Å²) in [4.78, 5) is 4.69. The zero-order valence-corrected chi connectivity index (χ0v) is 15.8. The molecule has 2 heteroatoms. The number of hydrogen-bond acceptors (Lipinski definition) is 1. The molecule has 0 aliphatic heterocycles. The lowest BCUT2D eigenvalue weighted by molar-refractivity contribution is 1.53. The third kappa shape index (κ3) is 4.22. The molecule has 0 aliphatic carbocycles. The average Bonchev–Trinajstić information content (AvgIpc) is 2.76. The van der Waals surface area contributed by atoms with Crippen molar-refractivity contribution in [3.05, 3.63) is 121 Å². The van der Waals surface area contributed by atoms with Crippen molar-refractivity contribution in [2.75, 3.05) is 0 Å². The molecule has 0 saturated heterocycles. The Kier molecular flexibility index (Phi) is 5.53. The number of benzene rings is 4. The van der Waals surface area contributed by atoms with Crippen LogP contribution in [0.1, 0.15) is 5.56 Å². The summed E-state index contributed by atoms with van der Waals surface area (Å²) in [5.41, 5.74) is 2.14. The molecule has 0 spiro atoms. The molecule has 4 aromatic carbocycles. The van der Waals surface area contributed by atoms with Gasteiger partial charge in [-0.1, -0.05) is 103 Å². The Morgan fingerprint density at radius 2 is 1.00 bits per heavy atom. The van der Waals surface area contributed by atoms with Gasteiger partial charge < -0.3 is 0 Å². The van der Waals surface area contributed by atoms with Crippen LogP contribution in [0, 0.1) is 0 Å². The van der Waals surface area contributed by atoms with Crippen LogP contribution in [0.25, 0.3) is 0 Å². The minimum absolute atomic E-state index is 0.638. The molecule has 0 aliphatic rings. The molecule has 0 saturated carbocycles. The van der Waals surface area contributed by atoms with Gasteiger partial charge in [-0.05, 0) is 36.0 Å². The second-order valence-corrected chi connectivity index (χ2v) is 8.34. The van der Waals surface area contributed by atoms with Gasteiger partial charge >= 0.3 is 0 Å². The fraction of sp³-hybridized carbons (Fsp3) is 0. The van der Waals surface area contributed by atoms with Crippen molar-refractivity contribution in [1.82, 2.24) is 0 Å². The molecule has 0 atom stereocenters. The molecule has 0 unspecified atom stereocenters. The van der Waals surface area contributed by atoms with E-state index in [-0.39, 0.29) is 0 Å². The maximum atomic E-state index is 4.69. The van der Waals surface area contributed by atoms with Crippen LogP contribution in [0.4, 0.5) is 5.69 Å². The van der Waals surface area contributed by atoms with Crippen LogP contribution in [-0.2, 0) is 0 Å². The summed E-state index contributed by atoms with van der Waals surface area (Å²) >= 11 is 0. The summed E-state index contributed by atoms with van der Waals surface area (Å²) in [5.74, 6) is 0. The summed E-state index contributed by atoms with van der Waals surface area (Å²) in [5, 5.41) is 4.02. The van der Waals surface area contributed by atoms with Gasteiger partial charge in [0.1, 0.15) is 0 Å². The lowest BCUT2D eigenvalue weighted by Gasteiger charge is -2.21. The summed E-state index contributed by atoms with van der Waals surface area (Å²) in [6, 6.07) is 40.2. The van der Waals surface area contributed by atoms with Crippen LogP contribution < -0.4 is 15.9 Å². The number of hydrogen-bond donors (Lipinski definition) is 0. The highest BCUT2D eigenvalue weighted by molar-refractivity contribution is 7.80. The van der Waals surface area contributed by atoms with Crippen LogP contribution in [0.2, 0.25) is 0 Å². The number of rotatable bonds is 5. The predicted octanol–water partition coefficient (Wildman–Crippen LogP) is 5.20. The van der Waals surface area contributed by atoms with Crippen molar-refractivity contribution < 1.29 is 0 Å². The lowest BCUT2D eigenvalue weighted by Crippen LogP contribution is -2.23. The zero-order chi connectivity index (χ0) is 18.3. The Bertz CT molecular complexity index is 972. The third-order valence-corrected chi connectivity index (χ3v) is 6.83. The van der Waals surface area contributed by atoms with Crippen molar-refractivity contribution in [1.29, 1.82) is 0 Å². The number of aliphatic imine (C=N–C) groups is 1. The van der Waals surface area contributed by atoms with E-state index in [2.05, 4.69) is 84.9 Å². The van der Waals surface area contributed by atoms with E-state index in [1.807, 2.05) is 36.5 Å². The van der Waals surface area contributed by atoms with Gasteiger partial charge in [0.05, 0.1) is 5.69 Å². The highest BCUT2D eigenvalue weighted by Crippen LogP contribution is 2.33. The molecule has 130 valence electrons. The molecule has 0 N–H and O–H groups in total. The van der Waals surface area contributed by atoms with E-state index in [4.69, 9.17) is 4.99 Å². The van der Waals surface area contributed by atoms with E-state index in [0.717, 1.165) is 5.69 Å².